The van der Waals surface area contributed by atoms with Gasteiger partial charge in [0.15, 0.2) is 11.6 Å². The molecule has 0 spiro atoms. The summed E-state index contributed by atoms with van der Waals surface area (Å²) in [6.45, 7) is 3.82. The molecule has 1 N–H and O–H groups in total. The quantitative estimate of drug-likeness (QED) is 0.358. The molecule has 0 heterocycles. The van der Waals surface area contributed by atoms with E-state index >= 15 is 0 Å². The van der Waals surface area contributed by atoms with E-state index in [9.17, 15) is 23.2 Å². The number of halogens is 2. The van der Waals surface area contributed by atoms with Crippen molar-refractivity contribution in [2.75, 3.05) is 0 Å². The van der Waals surface area contributed by atoms with E-state index in [4.69, 9.17) is 5.11 Å². The maximum Gasteiger partial charge on any atom is 0.310 e. The molecule has 0 aromatic heterocycles. The third-order valence-electron chi connectivity index (χ3n) is 4.35. The standard InChI is InChI=1S/C24H22F2O4/c1-15(2)22(12-11-20(27)13-21(28)14-23(29)30)24(16-3-7-18(25)8-4-16)17-5-9-19(26)10-6-17/h3-12,15H,13-14H2,1-2H3,(H,29,30)/b12-11+. The first-order valence-electron chi connectivity index (χ1n) is 9.37. The summed E-state index contributed by atoms with van der Waals surface area (Å²) < 4.78 is 26.9. The SMILES string of the molecule is CC(C)C(/C=C/C(=O)CC(=O)CC(=O)O)=C(c1ccc(F)cc1)c1ccc(F)cc1. The molecule has 0 atom stereocenters. The van der Waals surface area contributed by atoms with Crippen LogP contribution in [-0.2, 0) is 14.4 Å². The van der Waals surface area contributed by atoms with Crippen LogP contribution in [0, 0.1) is 17.6 Å². The van der Waals surface area contributed by atoms with Crippen molar-refractivity contribution in [3.8, 4) is 0 Å². The Morgan fingerprint density at radius 2 is 1.30 bits per heavy atom. The molecule has 0 fully saturated rings. The second-order valence-corrected chi connectivity index (χ2v) is 7.08. The molecule has 0 aliphatic carbocycles. The van der Waals surface area contributed by atoms with Gasteiger partial charge in [-0.25, -0.2) is 8.78 Å². The molecule has 2 aromatic carbocycles. The van der Waals surface area contributed by atoms with Crippen LogP contribution in [0.4, 0.5) is 8.78 Å². The van der Waals surface area contributed by atoms with Gasteiger partial charge in [0.25, 0.3) is 0 Å². The molecule has 0 unspecified atom stereocenters. The number of allylic oxidation sites excluding steroid dienone is 3. The highest BCUT2D eigenvalue weighted by atomic mass is 19.1. The Bertz CT molecular complexity index is 937. The van der Waals surface area contributed by atoms with E-state index in [1.165, 1.54) is 30.3 Å². The Morgan fingerprint density at radius 1 is 0.833 bits per heavy atom. The van der Waals surface area contributed by atoms with E-state index in [2.05, 4.69) is 0 Å². The maximum atomic E-state index is 13.4. The summed E-state index contributed by atoms with van der Waals surface area (Å²) in [5, 5.41) is 8.64. The molecular formula is C24H22F2O4. The van der Waals surface area contributed by atoms with Gasteiger partial charge in [0.05, 0.1) is 6.42 Å². The minimum atomic E-state index is -1.28. The highest BCUT2D eigenvalue weighted by molar-refractivity contribution is 6.09. The number of carboxylic acid groups (broad SMARTS) is 1. The minimum absolute atomic E-state index is 0.0612. The summed E-state index contributed by atoms with van der Waals surface area (Å²) in [6, 6.07) is 11.7. The van der Waals surface area contributed by atoms with E-state index in [1.807, 2.05) is 13.8 Å². The monoisotopic (exact) mass is 412 g/mol. The fourth-order valence-corrected chi connectivity index (χ4v) is 2.96. The van der Waals surface area contributed by atoms with E-state index in [1.54, 1.807) is 30.3 Å². The van der Waals surface area contributed by atoms with Crippen molar-refractivity contribution in [3.05, 3.63) is 89.0 Å². The molecule has 156 valence electrons. The summed E-state index contributed by atoms with van der Waals surface area (Å²) in [5.74, 6) is -3.33. The summed E-state index contributed by atoms with van der Waals surface area (Å²) >= 11 is 0. The molecule has 0 aliphatic heterocycles. The summed E-state index contributed by atoms with van der Waals surface area (Å²) in [5.41, 5.74) is 2.80. The van der Waals surface area contributed by atoms with Gasteiger partial charge in [-0.05, 0) is 58.5 Å². The van der Waals surface area contributed by atoms with E-state index in [0.717, 1.165) is 5.57 Å². The molecule has 0 amide bonds. The predicted octanol–water partition coefficient (Wildman–Crippen LogP) is 4.98. The Kier molecular flexibility index (Phi) is 7.92. The number of aliphatic carboxylic acids is 1. The van der Waals surface area contributed by atoms with Crippen molar-refractivity contribution in [1.82, 2.24) is 0 Å². The third kappa shape index (κ3) is 6.58. The van der Waals surface area contributed by atoms with Gasteiger partial charge in [0.2, 0.25) is 0 Å². The molecule has 0 saturated carbocycles. The first kappa shape index (κ1) is 22.9. The molecule has 30 heavy (non-hydrogen) atoms. The number of carboxylic acids is 1. The van der Waals surface area contributed by atoms with Crippen molar-refractivity contribution < 1.29 is 28.3 Å². The van der Waals surface area contributed by atoms with Crippen LogP contribution in [0.5, 0.6) is 0 Å². The lowest BCUT2D eigenvalue weighted by Gasteiger charge is -2.17. The van der Waals surface area contributed by atoms with Crippen molar-refractivity contribution in [2.24, 2.45) is 5.92 Å². The molecule has 2 rings (SSSR count). The lowest BCUT2D eigenvalue weighted by Crippen LogP contribution is -2.10. The van der Waals surface area contributed by atoms with Gasteiger partial charge in [-0.1, -0.05) is 44.2 Å². The van der Waals surface area contributed by atoms with Gasteiger partial charge >= 0.3 is 5.97 Å². The third-order valence-corrected chi connectivity index (χ3v) is 4.35. The lowest BCUT2D eigenvalue weighted by molar-refractivity contribution is -0.140. The molecule has 4 nitrogen and oxygen atoms in total. The van der Waals surface area contributed by atoms with Crippen LogP contribution < -0.4 is 0 Å². The number of Topliss-reactive ketones (excluding diaryl/α,β-unsaturated/α-hetero) is 1. The average Bonchev–Trinajstić information content (AvgIpc) is 2.66. The number of ketones is 2. The number of hydrogen-bond acceptors (Lipinski definition) is 3. The lowest BCUT2D eigenvalue weighted by atomic mass is 9.87. The molecular weight excluding hydrogens is 390 g/mol. The smallest absolute Gasteiger partial charge is 0.310 e. The number of rotatable bonds is 9. The molecule has 6 heteroatoms. The second-order valence-electron chi connectivity index (χ2n) is 7.08. The van der Waals surface area contributed by atoms with Crippen molar-refractivity contribution in [1.29, 1.82) is 0 Å². The Hall–Kier alpha value is -3.41. The van der Waals surface area contributed by atoms with Crippen molar-refractivity contribution in [2.45, 2.75) is 26.7 Å². The van der Waals surface area contributed by atoms with Crippen LogP contribution in [0.15, 0.2) is 66.3 Å². The zero-order valence-electron chi connectivity index (χ0n) is 16.7. The first-order valence-corrected chi connectivity index (χ1v) is 9.37. The fraction of sp³-hybridized carbons (Fsp3) is 0.208. The molecule has 2 aromatic rings. The van der Waals surface area contributed by atoms with E-state index in [0.29, 0.717) is 16.7 Å². The zero-order chi connectivity index (χ0) is 22.3. The maximum absolute atomic E-state index is 13.4. The number of hydrogen-bond donors (Lipinski definition) is 1. The normalized spacial score (nSPS) is 11.0. The van der Waals surface area contributed by atoms with Gasteiger partial charge in [0.1, 0.15) is 18.1 Å². The van der Waals surface area contributed by atoms with Gasteiger partial charge in [-0.3, -0.25) is 14.4 Å². The first-order chi connectivity index (χ1) is 14.2. The van der Waals surface area contributed by atoms with Crippen molar-refractivity contribution in [3.63, 3.8) is 0 Å². The van der Waals surface area contributed by atoms with E-state index in [-0.39, 0.29) is 5.92 Å². The van der Waals surface area contributed by atoms with Crippen LogP contribution in [0.2, 0.25) is 0 Å². The molecule has 0 radical (unpaired) electrons. The Morgan fingerprint density at radius 3 is 1.70 bits per heavy atom. The molecule has 0 aliphatic rings. The van der Waals surface area contributed by atoms with Gasteiger partial charge in [-0.15, -0.1) is 0 Å². The minimum Gasteiger partial charge on any atom is -0.481 e. The second kappa shape index (κ2) is 10.4. The number of carbonyl (C=O) groups is 3. The van der Waals surface area contributed by atoms with Crippen LogP contribution in [0.3, 0.4) is 0 Å². The average molecular weight is 412 g/mol. The van der Waals surface area contributed by atoms with Gasteiger partial charge in [-0.2, -0.15) is 0 Å². The van der Waals surface area contributed by atoms with Gasteiger partial charge in [0, 0.05) is 0 Å². The topological polar surface area (TPSA) is 71.4 Å². The van der Waals surface area contributed by atoms with Crippen LogP contribution >= 0.6 is 0 Å². The Balaban J connectivity index is 2.49. The van der Waals surface area contributed by atoms with E-state index < -0.39 is 42.0 Å². The highest BCUT2D eigenvalue weighted by Crippen LogP contribution is 2.31. The number of carbonyl (C=O) groups excluding carboxylic acids is 2. The highest BCUT2D eigenvalue weighted by Gasteiger charge is 2.15. The fourth-order valence-electron chi connectivity index (χ4n) is 2.96. The molecule has 0 saturated heterocycles. The zero-order valence-corrected chi connectivity index (χ0v) is 16.7. The van der Waals surface area contributed by atoms with Gasteiger partial charge < -0.3 is 5.11 Å². The number of benzene rings is 2. The molecule has 0 bridgehead atoms. The van der Waals surface area contributed by atoms with Crippen LogP contribution in [0.1, 0.15) is 37.8 Å². The predicted molar refractivity (Wildman–Crippen MR) is 110 cm³/mol. The largest absolute Gasteiger partial charge is 0.481 e. The van der Waals surface area contributed by atoms with Crippen LogP contribution in [0.25, 0.3) is 5.57 Å². The van der Waals surface area contributed by atoms with Crippen molar-refractivity contribution >= 4 is 23.1 Å². The summed E-state index contributed by atoms with van der Waals surface area (Å²) in [6.07, 6.45) is 1.60. The summed E-state index contributed by atoms with van der Waals surface area (Å²) in [7, 11) is 0. The summed E-state index contributed by atoms with van der Waals surface area (Å²) in [4.78, 5) is 34.3. The van der Waals surface area contributed by atoms with Crippen LogP contribution in [-0.4, -0.2) is 22.6 Å². The Labute approximate surface area is 173 Å².